The smallest absolute Gasteiger partial charge is 0.248 e. The minimum Gasteiger partial charge on any atom is -0.298 e. The molecule has 4 heteroatoms. The van der Waals surface area contributed by atoms with Crippen LogP contribution in [-0.4, -0.2) is 11.7 Å². The molecule has 0 amide bonds. The van der Waals surface area contributed by atoms with E-state index in [4.69, 9.17) is 0 Å². The molecule has 0 heterocycles. The zero-order valence-corrected chi connectivity index (χ0v) is 10.6. The average molecular weight is 255 g/mol. The first-order valence-electron chi connectivity index (χ1n) is 6.80. The van der Waals surface area contributed by atoms with Crippen molar-refractivity contribution in [2.75, 3.05) is 0 Å². The van der Waals surface area contributed by atoms with E-state index < -0.39 is 11.3 Å². The van der Waals surface area contributed by atoms with Crippen LogP contribution >= 0.6 is 0 Å². The van der Waals surface area contributed by atoms with Gasteiger partial charge in [0.15, 0.2) is 5.78 Å². The van der Waals surface area contributed by atoms with Crippen LogP contribution in [0.15, 0.2) is 0 Å². The van der Waals surface area contributed by atoms with Gasteiger partial charge in [0.1, 0.15) is 5.41 Å². The SMILES string of the molecule is N#CC1(CC2CCCC(F)(F)C2)CCCCC1=O. The molecule has 2 unspecified atom stereocenters. The molecule has 0 spiro atoms. The van der Waals surface area contributed by atoms with Crippen molar-refractivity contribution in [2.24, 2.45) is 11.3 Å². The molecule has 2 aliphatic rings. The van der Waals surface area contributed by atoms with Gasteiger partial charge in [-0.15, -0.1) is 0 Å². The molecule has 2 aliphatic carbocycles. The fraction of sp³-hybridized carbons (Fsp3) is 0.857. The molecule has 2 fully saturated rings. The summed E-state index contributed by atoms with van der Waals surface area (Å²) in [5, 5.41) is 9.31. The summed E-state index contributed by atoms with van der Waals surface area (Å²) in [6.07, 6.45) is 4.09. The number of nitriles is 1. The van der Waals surface area contributed by atoms with Crippen molar-refractivity contribution < 1.29 is 13.6 Å². The lowest BCUT2D eigenvalue weighted by Crippen LogP contribution is -2.37. The van der Waals surface area contributed by atoms with E-state index in [9.17, 15) is 18.8 Å². The van der Waals surface area contributed by atoms with E-state index in [1.165, 1.54) is 0 Å². The summed E-state index contributed by atoms with van der Waals surface area (Å²) in [6.45, 7) is 0. The number of hydrogen-bond donors (Lipinski definition) is 0. The van der Waals surface area contributed by atoms with Crippen molar-refractivity contribution in [3.63, 3.8) is 0 Å². The Bertz CT molecular complexity index is 374. The Balaban J connectivity index is 2.06. The maximum atomic E-state index is 13.4. The highest BCUT2D eigenvalue weighted by Crippen LogP contribution is 2.45. The quantitative estimate of drug-likeness (QED) is 0.751. The molecule has 2 saturated carbocycles. The van der Waals surface area contributed by atoms with Gasteiger partial charge in [0, 0.05) is 19.3 Å². The Labute approximate surface area is 106 Å². The third-order valence-corrected chi connectivity index (χ3v) is 4.38. The molecule has 100 valence electrons. The Morgan fingerprint density at radius 3 is 2.67 bits per heavy atom. The van der Waals surface area contributed by atoms with Gasteiger partial charge < -0.3 is 0 Å². The lowest BCUT2D eigenvalue weighted by Gasteiger charge is -2.36. The molecule has 0 N–H and O–H groups in total. The first kappa shape index (κ1) is 13.5. The second kappa shape index (κ2) is 4.95. The van der Waals surface area contributed by atoms with Gasteiger partial charge in [0.25, 0.3) is 0 Å². The van der Waals surface area contributed by atoms with Crippen molar-refractivity contribution in [3.05, 3.63) is 0 Å². The van der Waals surface area contributed by atoms with Crippen molar-refractivity contribution in [2.45, 2.75) is 63.7 Å². The second-order valence-electron chi connectivity index (χ2n) is 5.85. The van der Waals surface area contributed by atoms with Gasteiger partial charge in [-0.3, -0.25) is 4.79 Å². The minimum absolute atomic E-state index is 0.0230. The van der Waals surface area contributed by atoms with Crippen molar-refractivity contribution >= 4 is 5.78 Å². The lowest BCUT2D eigenvalue weighted by molar-refractivity contribution is -0.130. The summed E-state index contributed by atoms with van der Waals surface area (Å²) < 4.78 is 26.7. The van der Waals surface area contributed by atoms with E-state index in [1.807, 2.05) is 0 Å². The van der Waals surface area contributed by atoms with Gasteiger partial charge in [-0.05, 0) is 38.0 Å². The Morgan fingerprint density at radius 1 is 1.28 bits per heavy atom. The molecule has 2 rings (SSSR count). The summed E-state index contributed by atoms with van der Waals surface area (Å²) >= 11 is 0. The van der Waals surface area contributed by atoms with Crippen LogP contribution in [0.4, 0.5) is 8.78 Å². The first-order chi connectivity index (χ1) is 8.47. The first-order valence-corrected chi connectivity index (χ1v) is 6.80. The normalized spacial score (nSPS) is 36.1. The standard InChI is InChI=1S/C14H19F2NO/c15-14(16)7-3-4-11(9-14)8-13(10-17)6-2-1-5-12(13)18/h11H,1-9H2. The largest absolute Gasteiger partial charge is 0.298 e. The van der Waals surface area contributed by atoms with Crippen molar-refractivity contribution in [1.82, 2.24) is 0 Å². The van der Waals surface area contributed by atoms with E-state index >= 15 is 0 Å². The highest BCUT2D eigenvalue weighted by atomic mass is 19.3. The number of hydrogen-bond acceptors (Lipinski definition) is 2. The maximum absolute atomic E-state index is 13.4. The molecule has 0 aliphatic heterocycles. The van der Waals surface area contributed by atoms with Crippen molar-refractivity contribution in [1.29, 1.82) is 5.26 Å². The Hall–Kier alpha value is -0.980. The molecule has 0 aromatic carbocycles. The van der Waals surface area contributed by atoms with E-state index in [1.54, 1.807) is 0 Å². The molecular weight excluding hydrogens is 236 g/mol. The van der Waals surface area contributed by atoms with Gasteiger partial charge in [-0.25, -0.2) is 8.78 Å². The molecule has 2 atom stereocenters. The van der Waals surface area contributed by atoms with Gasteiger partial charge >= 0.3 is 0 Å². The molecule has 0 bridgehead atoms. The highest BCUT2D eigenvalue weighted by molar-refractivity contribution is 5.88. The number of halogens is 2. The number of alkyl halides is 2. The fourth-order valence-electron chi connectivity index (χ4n) is 3.41. The molecule has 0 aromatic rings. The summed E-state index contributed by atoms with van der Waals surface area (Å²) in [7, 11) is 0. The van der Waals surface area contributed by atoms with Crippen molar-refractivity contribution in [3.8, 4) is 6.07 Å². The molecule has 2 nitrogen and oxygen atoms in total. The van der Waals surface area contributed by atoms with E-state index in [2.05, 4.69) is 6.07 Å². The predicted octanol–water partition coefficient (Wildman–Crippen LogP) is 3.86. The number of carbonyl (C=O) groups excluding carboxylic acids is 1. The van der Waals surface area contributed by atoms with Gasteiger partial charge in [0.2, 0.25) is 5.92 Å². The highest BCUT2D eigenvalue weighted by Gasteiger charge is 2.45. The molecule has 18 heavy (non-hydrogen) atoms. The Morgan fingerprint density at radius 2 is 2.06 bits per heavy atom. The van der Waals surface area contributed by atoms with E-state index in [0.717, 1.165) is 19.3 Å². The van der Waals surface area contributed by atoms with Crippen LogP contribution in [0.1, 0.15) is 57.8 Å². The van der Waals surface area contributed by atoms with Gasteiger partial charge in [0.05, 0.1) is 6.07 Å². The summed E-state index contributed by atoms with van der Waals surface area (Å²) in [4.78, 5) is 12.0. The monoisotopic (exact) mass is 255 g/mol. The molecule has 0 radical (unpaired) electrons. The predicted molar refractivity (Wildman–Crippen MR) is 63.0 cm³/mol. The number of nitrogens with zero attached hydrogens (tertiary/aromatic N) is 1. The summed E-state index contributed by atoms with van der Waals surface area (Å²) in [6, 6.07) is 2.15. The minimum atomic E-state index is -2.60. The topological polar surface area (TPSA) is 40.9 Å². The zero-order chi connectivity index (χ0) is 13.2. The molecule has 0 aromatic heterocycles. The summed E-state index contributed by atoms with van der Waals surface area (Å²) in [5.74, 6) is -2.79. The van der Waals surface area contributed by atoms with Crippen LogP contribution in [0, 0.1) is 22.7 Å². The fourth-order valence-corrected chi connectivity index (χ4v) is 3.41. The van der Waals surface area contributed by atoms with Crippen LogP contribution in [-0.2, 0) is 4.79 Å². The average Bonchev–Trinajstić information content (AvgIpc) is 2.31. The van der Waals surface area contributed by atoms with E-state index in [0.29, 0.717) is 25.7 Å². The van der Waals surface area contributed by atoms with Crippen LogP contribution in [0.25, 0.3) is 0 Å². The van der Waals surface area contributed by atoms with Crippen LogP contribution in [0.3, 0.4) is 0 Å². The zero-order valence-electron chi connectivity index (χ0n) is 10.6. The third kappa shape index (κ3) is 2.71. The van der Waals surface area contributed by atoms with Crippen LogP contribution in [0.5, 0.6) is 0 Å². The number of carbonyl (C=O) groups is 1. The number of ketones is 1. The van der Waals surface area contributed by atoms with E-state index in [-0.39, 0.29) is 24.5 Å². The molecular formula is C14H19F2NO. The van der Waals surface area contributed by atoms with Gasteiger partial charge in [-0.1, -0.05) is 6.42 Å². The third-order valence-electron chi connectivity index (χ3n) is 4.38. The van der Waals surface area contributed by atoms with Crippen LogP contribution in [0.2, 0.25) is 0 Å². The number of rotatable bonds is 2. The molecule has 0 saturated heterocycles. The second-order valence-corrected chi connectivity index (χ2v) is 5.85. The number of Topliss-reactive ketones (excluding diaryl/α,β-unsaturated/α-hetero) is 1. The summed E-state index contributed by atoms with van der Waals surface area (Å²) in [5.41, 5.74) is -0.962. The van der Waals surface area contributed by atoms with Gasteiger partial charge in [-0.2, -0.15) is 5.26 Å². The van der Waals surface area contributed by atoms with Crippen LogP contribution < -0.4 is 0 Å². The maximum Gasteiger partial charge on any atom is 0.248 e. The lowest BCUT2D eigenvalue weighted by atomic mass is 9.66. The Kier molecular flexibility index (Phi) is 3.70.